The van der Waals surface area contributed by atoms with Crippen molar-refractivity contribution in [2.75, 3.05) is 26.2 Å². The maximum atomic E-state index is 13.0. The van der Waals surface area contributed by atoms with E-state index in [9.17, 15) is 9.50 Å². The third kappa shape index (κ3) is 3.68. The highest BCUT2D eigenvalue weighted by atomic mass is 19.1. The van der Waals surface area contributed by atoms with Crippen LogP contribution >= 0.6 is 0 Å². The second-order valence-corrected chi connectivity index (χ2v) is 4.50. The average Bonchev–Trinajstić information content (AvgIpc) is 2.82. The standard InChI is InChI=1S/C13H19FN2O/c14-12-3-4-13(17)11(9-12)10-15-5-8-16-6-1-2-7-16/h3-4,9,15,17H,1-2,5-8,10H2. The van der Waals surface area contributed by atoms with Crippen LogP contribution in [0.2, 0.25) is 0 Å². The van der Waals surface area contributed by atoms with E-state index in [0.29, 0.717) is 12.1 Å². The summed E-state index contributed by atoms with van der Waals surface area (Å²) < 4.78 is 13.0. The molecule has 1 aliphatic heterocycles. The van der Waals surface area contributed by atoms with Gasteiger partial charge in [-0.3, -0.25) is 0 Å². The van der Waals surface area contributed by atoms with Gasteiger partial charge in [-0.25, -0.2) is 4.39 Å². The molecule has 0 radical (unpaired) electrons. The number of halogens is 1. The number of phenols is 1. The second kappa shape index (κ2) is 5.98. The number of nitrogens with zero attached hydrogens (tertiary/aromatic N) is 1. The van der Waals surface area contributed by atoms with Gasteiger partial charge in [0.05, 0.1) is 0 Å². The Labute approximate surface area is 101 Å². The molecule has 2 rings (SSSR count). The fraction of sp³-hybridized carbons (Fsp3) is 0.538. The van der Waals surface area contributed by atoms with Crippen LogP contribution in [-0.2, 0) is 6.54 Å². The van der Waals surface area contributed by atoms with Gasteiger partial charge in [0, 0.05) is 25.2 Å². The van der Waals surface area contributed by atoms with Crippen LogP contribution in [0.3, 0.4) is 0 Å². The molecular weight excluding hydrogens is 219 g/mol. The lowest BCUT2D eigenvalue weighted by Crippen LogP contribution is -2.29. The first-order valence-electron chi connectivity index (χ1n) is 6.16. The van der Waals surface area contributed by atoms with E-state index in [4.69, 9.17) is 0 Å². The van der Waals surface area contributed by atoms with Gasteiger partial charge < -0.3 is 15.3 Å². The van der Waals surface area contributed by atoms with Gasteiger partial charge in [-0.1, -0.05) is 0 Å². The lowest BCUT2D eigenvalue weighted by molar-refractivity contribution is 0.335. The molecule has 0 aliphatic carbocycles. The Bertz CT molecular complexity index is 364. The molecule has 1 saturated heterocycles. The minimum absolute atomic E-state index is 0.153. The molecule has 4 heteroatoms. The van der Waals surface area contributed by atoms with Crippen molar-refractivity contribution in [2.45, 2.75) is 19.4 Å². The topological polar surface area (TPSA) is 35.5 Å². The molecular formula is C13H19FN2O. The quantitative estimate of drug-likeness (QED) is 0.767. The van der Waals surface area contributed by atoms with Crippen molar-refractivity contribution >= 4 is 0 Å². The van der Waals surface area contributed by atoms with E-state index in [-0.39, 0.29) is 11.6 Å². The molecule has 0 atom stereocenters. The summed E-state index contributed by atoms with van der Waals surface area (Å²) in [5.41, 5.74) is 0.617. The SMILES string of the molecule is Oc1ccc(F)cc1CNCCN1CCCC1. The first kappa shape index (κ1) is 12.3. The highest BCUT2D eigenvalue weighted by Gasteiger charge is 2.10. The van der Waals surface area contributed by atoms with Crippen molar-refractivity contribution in [1.82, 2.24) is 10.2 Å². The van der Waals surface area contributed by atoms with Gasteiger partial charge in [-0.05, 0) is 44.1 Å². The first-order chi connectivity index (χ1) is 8.25. The van der Waals surface area contributed by atoms with Crippen molar-refractivity contribution in [2.24, 2.45) is 0 Å². The number of rotatable bonds is 5. The lowest BCUT2D eigenvalue weighted by Gasteiger charge is -2.14. The van der Waals surface area contributed by atoms with Crippen LogP contribution in [0.15, 0.2) is 18.2 Å². The fourth-order valence-corrected chi connectivity index (χ4v) is 2.16. The van der Waals surface area contributed by atoms with Gasteiger partial charge in [0.25, 0.3) is 0 Å². The molecule has 17 heavy (non-hydrogen) atoms. The minimum atomic E-state index is -0.306. The van der Waals surface area contributed by atoms with Crippen LogP contribution in [0.5, 0.6) is 5.75 Å². The molecule has 1 heterocycles. The summed E-state index contributed by atoms with van der Waals surface area (Å²) in [5, 5.41) is 12.8. The van der Waals surface area contributed by atoms with E-state index in [2.05, 4.69) is 10.2 Å². The summed E-state index contributed by atoms with van der Waals surface area (Å²) in [6, 6.07) is 4.04. The smallest absolute Gasteiger partial charge is 0.123 e. The van der Waals surface area contributed by atoms with Gasteiger partial charge in [0.2, 0.25) is 0 Å². The van der Waals surface area contributed by atoms with Crippen molar-refractivity contribution < 1.29 is 9.50 Å². The molecule has 94 valence electrons. The molecule has 0 bridgehead atoms. The highest BCUT2D eigenvalue weighted by molar-refractivity contribution is 5.32. The lowest BCUT2D eigenvalue weighted by atomic mass is 10.2. The van der Waals surface area contributed by atoms with Gasteiger partial charge in [0.15, 0.2) is 0 Å². The molecule has 3 nitrogen and oxygen atoms in total. The Balaban J connectivity index is 1.72. The van der Waals surface area contributed by atoms with Crippen LogP contribution in [0.4, 0.5) is 4.39 Å². The molecule has 1 aromatic carbocycles. The summed E-state index contributed by atoms with van der Waals surface area (Å²) in [7, 11) is 0. The number of nitrogens with one attached hydrogen (secondary N) is 1. The normalized spacial score (nSPS) is 16.5. The van der Waals surface area contributed by atoms with E-state index in [0.717, 1.165) is 13.1 Å². The first-order valence-corrected chi connectivity index (χ1v) is 6.16. The monoisotopic (exact) mass is 238 g/mol. The zero-order chi connectivity index (χ0) is 12.1. The van der Waals surface area contributed by atoms with Gasteiger partial charge in [-0.2, -0.15) is 0 Å². The van der Waals surface area contributed by atoms with Crippen molar-refractivity contribution in [3.8, 4) is 5.75 Å². The minimum Gasteiger partial charge on any atom is -0.508 e. The van der Waals surface area contributed by atoms with Crippen LogP contribution in [0.25, 0.3) is 0 Å². The van der Waals surface area contributed by atoms with Crippen LogP contribution < -0.4 is 5.32 Å². The Morgan fingerprint density at radius 1 is 1.29 bits per heavy atom. The summed E-state index contributed by atoms with van der Waals surface area (Å²) in [6.07, 6.45) is 2.59. The maximum absolute atomic E-state index is 13.0. The van der Waals surface area contributed by atoms with Gasteiger partial charge in [0.1, 0.15) is 11.6 Å². The highest BCUT2D eigenvalue weighted by Crippen LogP contribution is 2.17. The number of phenolic OH excluding ortho intramolecular Hbond substituents is 1. The fourth-order valence-electron chi connectivity index (χ4n) is 2.16. The molecule has 0 saturated carbocycles. The number of aromatic hydroxyl groups is 1. The molecule has 0 aromatic heterocycles. The van der Waals surface area contributed by atoms with E-state index in [1.807, 2.05) is 0 Å². The molecule has 0 unspecified atom stereocenters. The Morgan fingerprint density at radius 2 is 2.06 bits per heavy atom. The molecule has 1 aromatic rings. The molecule has 1 fully saturated rings. The molecule has 2 N–H and O–H groups in total. The van der Waals surface area contributed by atoms with Crippen molar-refractivity contribution in [3.05, 3.63) is 29.6 Å². The number of hydrogen-bond acceptors (Lipinski definition) is 3. The van der Waals surface area contributed by atoms with Gasteiger partial charge in [-0.15, -0.1) is 0 Å². The van der Waals surface area contributed by atoms with E-state index in [1.165, 1.54) is 44.1 Å². The predicted molar refractivity (Wildman–Crippen MR) is 65.4 cm³/mol. The Morgan fingerprint density at radius 3 is 2.82 bits per heavy atom. The summed E-state index contributed by atoms with van der Waals surface area (Å²) in [4.78, 5) is 2.42. The third-order valence-electron chi connectivity index (χ3n) is 3.16. The Kier molecular flexibility index (Phi) is 4.34. The Hall–Kier alpha value is -1.13. The van der Waals surface area contributed by atoms with Crippen LogP contribution in [0.1, 0.15) is 18.4 Å². The zero-order valence-corrected chi connectivity index (χ0v) is 9.95. The summed E-state index contributed by atoms with van der Waals surface area (Å²) in [6.45, 7) is 4.78. The average molecular weight is 238 g/mol. The van der Waals surface area contributed by atoms with Crippen molar-refractivity contribution in [1.29, 1.82) is 0 Å². The van der Waals surface area contributed by atoms with Crippen molar-refractivity contribution in [3.63, 3.8) is 0 Å². The zero-order valence-electron chi connectivity index (χ0n) is 9.95. The molecule has 1 aliphatic rings. The van der Waals surface area contributed by atoms with E-state index in [1.54, 1.807) is 0 Å². The van der Waals surface area contributed by atoms with E-state index < -0.39 is 0 Å². The third-order valence-corrected chi connectivity index (χ3v) is 3.16. The predicted octanol–water partition coefficient (Wildman–Crippen LogP) is 1.72. The van der Waals surface area contributed by atoms with E-state index >= 15 is 0 Å². The largest absolute Gasteiger partial charge is 0.508 e. The maximum Gasteiger partial charge on any atom is 0.123 e. The molecule has 0 amide bonds. The van der Waals surface area contributed by atoms with Crippen LogP contribution in [0, 0.1) is 5.82 Å². The van der Waals surface area contributed by atoms with Gasteiger partial charge >= 0.3 is 0 Å². The number of benzene rings is 1. The number of hydrogen-bond donors (Lipinski definition) is 2. The number of likely N-dealkylation sites (tertiary alicyclic amines) is 1. The second-order valence-electron chi connectivity index (χ2n) is 4.50. The van der Waals surface area contributed by atoms with Crippen LogP contribution in [-0.4, -0.2) is 36.2 Å². The molecule has 0 spiro atoms. The summed E-state index contributed by atoms with van der Waals surface area (Å²) in [5.74, 6) is -0.154. The summed E-state index contributed by atoms with van der Waals surface area (Å²) >= 11 is 0.